The van der Waals surface area contributed by atoms with Crippen molar-refractivity contribution in [3.8, 4) is 5.75 Å². The number of benzene rings is 1. The van der Waals surface area contributed by atoms with Crippen molar-refractivity contribution in [2.24, 2.45) is 0 Å². The third-order valence-corrected chi connectivity index (χ3v) is 5.18. The highest BCUT2D eigenvalue weighted by molar-refractivity contribution is 9.10. The number of rotatable bonds is 2. The van der Waals surface area contributed by atoms with Crippen LogP contribution in [0.1, 0.15) is 44.9 Å². The van der Waals surface area contributed by atoms with Crippen LogP contribution < -0.4 is 4.18 Å². The molecule has 0 aliphatic carbocycles. The van der Waals surface area contributed by atoms with Crippen LogP contribution in [0.5, 0.6) is 5.75 Å². The van der Waals surface area contributed by atoms with Crippen molar-refractivity contribution in [2.75, 3.05) is 0 Å². The van der Waals surface area contributed by atoms with Crippen molar-refractivity contribution in [3.63, 3.8) is 0 Å². The van der Waals surface area contributed by atoms with Gasteiger partial charge in [0, 0.05) is 5.56 Å². The summed E-state index contributed by atoms with van der Waals surface area (Å²) in [7, 11) is -5.84. The van der Waals surface area contributed by atoms with Crippen LogP contribution in [0.3, 0.4) is 0 Å². The van der Waals surface area contributed by atoms with Gasteiger partial charge in [-0.3, -0.25) is 4.90 Å². The minimum absolute atomic E-state index is 0.0299. The summed E-state index contributed by atoms with van der Waals surface area (Å²) >= 11 is 3.00. The lowest BCUT2D eigenvalue weighted by molar-refractivity contribution is -0.0500. The van der Waals surface area contributed by atoms with Crippen LogP contribution in [-0.4, -0.2) is 30.5 Å². The first kappa shape index (κ1) is 20.8. The summed E-state index contributed by atoms with van der Waals surface area (Å²) in [5.41, 5.74) is -5.67. The Bertz CT molecular complexity index is 833. The summed E-state index contributed by atoms with van der Waals surface area (Å²) < 4.78 is 70.4. The van der Waals surface area contributed by atoms with Crippen LogP contribution in [0.2, 0.25) is 0 Å². The summed E-state index contributed by atoms with van der Waals surface area (Å²) in [6.07, 6.45) is -0.665. The standard InChI is InChI=1S/C15H17BrF3NO5S/c1-8-9-5-6-11(16)12(25-26(22,23)15(17,18)19)10(9)7-20(8)13(21)24-14(2,3)4/h5-6,8H,7H2,1-4H3/t8-/m0/s1. The zero-order chi connectivity index (χ0) is 20.1. The molecule has 1 amide bonds. The summed E-state index contributed by atoms with van der Waals surface area (Å²) in [5.74, 6) is -0.488. The van der Waals surface area contributed by atoms with E-state index in [4.69, 9.17) is 4.74 Å². The lowest BCUT2D eigenvalue weighted by Gasteiger charge is -2.27. The predicted octanol–water partition coefficient (Wildman–Crippen LogP) is 4.49. The van der Waals surface area contributed by atoms with Gasteiger partial charge in [-0.15, -0.1) is 0 Å². The molecule has 1 heterocycles. The second-order valence-electron chi connectivity index (χ2n) is 6.71. The van der Waals surface area contributed by atoms with Gasteiger partial charge in [0.25, 0.3) is 0 Å². The SMILES string of the molecule is C[C@H]1c2ccc(Br)c(OS(=O)(=O)C(F)(F)F)c2CN1C(=O)OC(C)(C)C. The van der Waals surface area contributed by atoms with Crippen molar-refractivity contribution in [1.82, 2.24) is 4.90 Å². The average molecular weight is 460 g/mol. The number of hydrogen-bond donors (Lipinski definition) is 0. The molecule has 146 valence electrons. The van der Waals surface area contributed by atoms with Crippen LogP contribution in [0, 0.1) is 0 Å². The molecule has 0 bridgehead atoms. The zero-order valence-corrected chi connectivity index (χ0v) is 16.8. The molecular formula is C15H17BrF3NO5S. The lowest BCUT2D eigenvalue weighted by Crippen LogP contribution is -2.35. The Morgan fingerprint density at radius 2 is 1.85 bits per heavy atom. The molecule has 1 aromatic carbocycles. The fourth-order valence-corrected chi connectivity index (χ4v) is 3.50. The molecule has 26 heavy (non-hydrogen) atoms. The lowest BCUT2D eigenvalue weighted by atomic mass is 10.1. The fraction of sp³-hybridized carbons (Fsp3) is 0.533. The van der Waals surface area contributed by atoms with E-state index in [0.29, 0.717) is 5.56 Å². The van der Waals surface area contributed by atoms with E-state index >= 15 is 0 Å². The predicted molar refractivity (Wildman–Crippen MR) is 89.9 cm³/mol. The monoisotopic (exact) mass is 459 g/mol. The second-order valence-corrected chi connectivity index (χ2v) is 9.10. The third-order valence-electron chi connectivity index (χ3n) is 3.60. The van der Waals surface area contributed by atoms with Gasteiger partial charge in [0.1, 0.15) is 5.60 Å². The highest BCUT2D eigenvalue weighted by Gasteiger charge is 2.49. The molecule has 1 aliphatic rings. The maximum absolute atomic E-state index is 12.7. The Hall–Kier alpha value is -1.49. The molecule has 0 spiro atoms. The number of alkyl halides is 3. The van der Waals surface area contributed by atoms with E-state index in [1.165, 1.54) is 11.0 Å². The summed E-state index contributed by atoms with van der Waals surface area (Å²) in [6.45, 7) is 6.55. The van der Waals surface area contributed by atoms with Crippen molar-refractivity contribution in [3.05, 3.63) is 27.7 Å². The maximum Gasteiger partial charge on any atom is 0.534 e. The Labute approximate surface area is 157 Å². The van der Waals surface area contributed by atoms with Gasteiger partial charge >= 0.3 is 21.7 Å². The van der Waals surface area contributed by atoms with Gasteiger partial charge in [-0.25, -0.2) is 4.79 Å². The molecule has 0 radical (unpaired) electrons. The quantitative estimate of drug-likeness (QED) is 0.481. The highest BCUT2D eigenvalue weighted by atomic mass is 79.9. The van der Waals surface area contributed by atoms with Crippen LogP contribution in [0.15, 0.2) is 16.6 Å². The van der Waals surface area contributed by atoms with E-state index in [0.717, 1.165) is 0 Å². The van der Waals surface area contributed by atoms with Crippen molar-refractivity contribution >= 4 is 32.1 Å². The number of carbonyl (C=O) groups excluding carboxylic acids is 1. The molecule has 1 atom stereocenters. The Kier molecular flexibility index (Phi) is 5.28. The molecule has 0 aromatic heterocycles. The number of fused-ring (bicyclic) bond motifs is 1. The Morgan fingerprint density at radius 1 is 1.27 bits per heavy atom. The molecule has 0 fully saturated rings. The molecule has 11 heteroatoms. The highest BCUT2D eigenvalue weighted by Crippen LogP contribution is 2.44. The molecule has 0 unspecified atom stereocenters. The molecule has 1 aromatic rings. The summed E-state index contributed by atoms with van der Waals surface area (Å²) in [4.78, 5) is 13.6. The van der Waals surface area contributed by atoms with Gasteiger partial charge in [-0.1, -0.05) is 6.07 Å². The van der Waals surface area contributed by atoms with Crippen LogP contribution in [0.25, 0.3) is 0 Å². The number of halogens is 4. The van der Waals surface area contributed by atoms with E-state index in [2.05, 4.69) is 20.1 Å². The maximum atomic E-state index is 12.7. The summed E-state index contributed by atoms with van der Waals surface area (Å²) in [5, 5.41) is 0. The topological polar surface area (TPSA) is 72.9 Å². The number of ether oxygens (including phenoxy) is 1. The molecular weight excluding hydrogens is 443 g/mol. The average Bonchev–Trinajstić information content (AvgIpc) is 2.76. The molecule has 0 N–H and O–H groups in total. The largest absolute Gasteiger partial charge is 0.534 e. The smallest absolute Gasteiger partial charge is 0.444 e. The number of carbonyl (C=O) groups is 1. The first-order chi connectivity index (χ1) is 11.6. The van der Waals surface area contributed by atoms with E-state index in [-0.39, 0.29) is 16.6 Å². The van der Waals surface area contributed by atoms with Crippen LogP contribution in [0.4, 0.5) is 18.0 Å². The Morgan fingerprint density at radius 3 is 2.35 bits per heavy atom. The molecule has 1 aliphatic heterocycles. The number of amides is 1. The third kappa shape index (κ3) is 4.08. The minimum atomic E-state index is -5.84. The van der Waals surface area contributed by atoms with Gasteiger partial charge in [0.15, 0.2) is 5.75 Å². The minimum Gasteiger partial charge on any atom is -0.444 e. The van der Waals surface area contributed by atoms with Gasteiger partial charge < -0.3 is 8.92 Å². The molecule has 0 saturated heterocycles. The van der Waals surface area contributed by atoms with E-state index in [9.17, 15) is 26.4 Å². The second kappa shape index (κ2) is 6.59. The molecule has 6 nitrogen and oxygen atoms in total. The van der Waals surface area contributed by atoms with Gasteiger partial charge in [0.2, 0.25) is 0 Å². The van der Waals surface area contributed by atoms with E-state index in [1.54, 1.807) is 33.8 Å². The normalized spacial score (nSPS) is 17.8. The van der Waals surface area contributed by atoms with Crippen LogP contribution >= 0.6 is 15.9 Å². The fourth-order valence-electron chi connectivity index (χ4n) is 2.43. The van der Waals surface area contributed by atoms with Crippen molar-refractivity contribution in [1.29, 1.82) is 0 Å². The first-order valence-corrected chi connectivity index (χ1v) is 9.66. The van der Waals surface area contributed by atoms with E-state index < -0.39 is 39.1 Å². The molecule has 2 rings (SSSR count). The number of nitrogens with zero attached hydrogens (tertiary/aromatic N) is 1. The van der Waals surface area contributed by atoms with Crippen LogP contribution in [-0.2, 0) is 21.4 Å². The van der Waals surface area contributed by atoms with Gasteiger partial charge in [0.05, 0.1) is 17.1 Å². The first-order valence-electron chi connectivity index (χ1n) is 7.45. The van der Waals surface area contributed by atoms with Crippen molar-refractivity contribution < 1.29 is 35.3 Å². The van der Waals surface area contributed by atoms with Gasteiger partial charge in [-0.05, 0) is 55.3 Å². The Balaban J connectivity index is 2.41. The summed E-state index contributed by atoms with van der Waals surface area (Å²) in [6, 6.07) is 2.43. The van der Waals surface area contributed by atoms with E-state index in [1.807, 2.05) is 0 Å². The number of hydrogen-bond acceptors (Lipinski definition) is 5. The van der Waals surface area contributed by atoms with Gasteiger partial charge in [-0.2, -0.15) is 21.6 Å². The zero-order valence-electron chi connectivity index (χ0n) is 14.3. The van der Waals surface area contributed by atoms with Crippen molar-refractivity contribution in [2.45, 2.75) is 51.4 Å². The molecule has 0 saturated carbocycles.